The van der Waals surface area contributed by atoms with E-state index in [1.165, 1.54) is 5.56 Å². The Balaban J connectivity index is 1.72. The molecule has 35 heavy (non-hydrogen) atoms. The van der Waals surface area contributed by atoms with E-state index in [1.54, 1.807) is 6.07 Å². The molecule has 0 bridgehead atoms. The zero-order valence-electron chi connectivity index (χ0n) is 20.2. The van der Waals surface area contributed by atoms with Crippen molar-refractivity contribution < 1.29 is 28.8 Å². The van der Waals surface area contributed by atoms with Crippen molar-refractivity contribution in [3.05, 3.63) is 88.5 Å². The van der Waals surface area contributed by atoms with Crippen LogP contribution in [0, 0.1) is 0 Å². The van der Waals surface area contributed by atoms with E-state index in [4.69, 9.17) is 18.9 Å². The second-order valence-electron chi connectivity index (χ2n) is 9.31. The van der Waals surface area contributed by atoms with Gasteiger partial charge >= 0.3 is 5.97 Å². The molecule has 6 nitrogen and oxygen atoms in total. The molecule has 2 aliphatic heterocycles. The Kier molecular flexibility index (Phi) is 5.89. The highest BCUT2D eigenvalue weighted by Crippen LogP contribution is 2.48. The summed E-state index contributed by atoms with van der Waals surface area (Å²) in [5.74, 6) is 1.78. The number of carboxylic acid groups (broad SMARTS) is 1. The van der Waals surface area contributed by atoms with Gasteiger partial charge in [0.15, 0.2) is 17.6 Å². The van der Waals surface area contributed by atoms with Crippen LogP contribution in [-0.2, 0) is 4.79 Å². The van der Waals surface area contributed by atoms with E-state index in [0.717, 1.165) is 5.56 Å². The second kappa shape index (κ2) is 9.02. The van der Waals surface area contributed by atoms with Crippen LogP contribution in [0.4, 0.5) is 0 Å². The molecule has 1 N–H and O–H groups in total. The Morgan fingerprint density at radius 3 is 2.31 bits per heavy atom. The third-order valence-electron chi connectivity index (χ3n) is 6.17. The molecule has 3 aromatic carbocycles. The first-order valence-electron chi connectivity index (χ1n) is 11.8. The molecule has 3 aromatic rings. The predicted molar refractivity (Wildman–Crippen MR) is 132 cm³/mol. The van der Waals surface area contributed by atoms with E-state index in [-0.39, 0.29) is 18.5 Å². The summed E-state index contributed by atoms with van der Waals surface area (Å²) in [5.41, 5.74) is 4.06. The average molecular weight is 473 g/mol. The Morgan fingerprint density at radius 1 is 0.914 bits per heavy atom. The van der Waals surface area contributed by atoms with Crippen LogP contribution in [0.1, 0.15) is 62.0 Å². The van der Waals surface area contributed by atoms with Crippen LogP contribution in [0.5, 0.6) is 23.0 Å². The van der Waals surface area contributed by atoms with Gasteiger partial charge in [0, 0.05) is 11.1 Å². The fourth-order valence-electron chi connectivity index (χ4n) is 4.49. The molecule has 0 saturated carbocycles. The van der Waals surface area contributed by atoms with Crippen molar-refractivity contribution in [2.45, 2.75) is 45.8 Å². The monoisotopic (exact) mass is 472 g/mol. The summed E-state index contributed by atoms with van der Waals surface area (Å²) in [6.45, 7) is 8.29. The van der Waals surface area contributed by atoms with Gasteiger partial charge in [0.1, 0.15) is 11.5 Å². The standard InChI is InChI=1S/C29H28O6/c1-16(2)18-5-7-19(8-6-18)28-27(29(30)31)26(20-9-11-24-25(13-20)33-15-32-24)22-14-21(34-17(3)4)10-12-23(22)35-28/h5-14,16-17,28H,15H2,1-4H3,(H,30,31). The third-order valence-corrected chi connectivity index (χ3v) is 6.17. The van der Waals surface area contributed by atoms with Crippen LogP contribution >= 0.6 is 0 Å². The fraction of sp³-hybridized carbons (Fsp3) is 0.276. The molecule has 0 aromatic heterocycles. The van der Waals surface area contributed by atoms with E-state index in [9.17, 15) is 9.90 Å². The minimum Gasteiger partial charge on any atom is -0.491 e. The molecule has 0 saturated heterocycles. The van der Waals surface area contributed by atoms with Gasteiger partial charge < -0.3 is 24.1 Å². The number of ether oxygens (including phenoxy) is 4. The minimum absolute atomic E-state index is 0.0262. The van der Waals surface area contributed by atoms with Crippen molar-refractivity contribution in [1.82, 2.24) is 0 Å². The first-order valence-corrected chi connectivity index (χ1v) is 11.8. The second-order valence-corrected chi connectivity index (χ2v) is 9.31. The van der Waals surface area contributed by atoms with Crippen LogP contribution in [0.3, 0.4) is 0 Å². The molecule has 6 heteroatoms. The zero-order valence-corrected chi connectivity index (χ0v) is 20.2. The van der Waals surface area contributed by atoms with Gasteiger partial charge in [-0.25, -0.2) is 4.79 Å². The highest BCUT2D eigenvalue weighted by molar-refractivity contribution is 6.04. The Labute approximate surface area is 204 Å². The Morgan fingerprint density at radius 2 is 1.63 bits per heavy atom. The van der Waals surface area contributed by atoms with Crippen LogP contribution in [0.15, 0.2) is 66.2 Å². The zero-order chi connectivity index (χ0) is 24.7. The fourth-order valence-corrected chi connectivity index (χ4v) is 4.49. The molecular formula is C29H28O6. The van der Waals surface area contributed by atoms with E-state index in [2.05, 4.69) is 13.8 Å². The lowest BCUT2D eigenvalue weighted by molar-refractivity contribution is -0.133. The third kappa shape index (κ3) is 4.32. The van der Waals surface area contributed by atoms with Crippen LogP contribution < -0.4 is 18.9 Å². The lowest BCUT2D eigenvalue weighted by atomic mass is 9.85. The summed E-state index contributed by atoms with van der Waals surface area (Å²) in [4.78, 5) is 12.8. The lowest BCUT2D eigenvalue weighted by Gasteiger charge is -2.30. The summed E-state index contributed by atoms with van der Waals surface area (Å²) in [5, 5.41) is 10.5. The summed E-state index contributed by atoms with van der Waals surface area (Å²) in [6, 6.07) is 19.0. The van der Waals surface area contributed by atoms with E-state index in [0.29, 0.717) is 45.6 Å². The number of carboxylic acids is 1. The van der Waals surface area contributed by atoms with Gasteiger partial charge in [-0.05, 0) is 66.8 Å². The van der Waals surface area contributed by atoms with Gasteiger partial charge in [-0.3, -0.25) is 0 Å². The highest BCUT2D eigenvalue weighted by atomic mass is 16.7. The van der Waals surface area contributed by atoms with E-state index >= 15 is 0 Å². The average Bonchev–Trinajstić information content (AvgIpc) is 3.30. The molecule has 0 radical (unpaired) electrons. The summed E-state index contributed by atoms with van der Waals surface area (Å²) in [7, 11) is 0. The number of benzene rings is 3. The van der Waals surface area contributed by atoms with Gasteiger partial charge in [-0.2, -0.15) is 0 Å². The molecule has 1 unspecified atom stereocenters. The van der Waals surface area contributed by atoms with Crippen molar-refractivity contribution in [3.8, 4) is 23.0 Å². The molecular weight excluding hydrogens is 444 g/mol. The molecule has 0 amide bonds. The summed E-state index contributed by atoms with van der Waals surface area (Å²) >= 11 is 0. The SMILES string of the molecule is CC(C)Oc1ccc2c(c1)C(c1ccc3c(c1)OCO3)=C(C(=O)O)C(c1ccc(C(C)C)cc1)O2. The molecule has 2 aliphatic rings. The molecule has 5 rings (SSSR count). The number of hydrogen-bond donors (Lipinski definition) is 1. The number of rotatable bonds is 6. The Bertz CT molecular complexity index is 1300. The smallest absolute Gasteiger partial charge is 0.336 e. The maximum atomic E-state index is 12.8. The maximum absolute atomic E-state index is 12.8. The molecule has 1 atom stereocenters. The van der Waals surface area contributed by atoms with Crippen molar-refractivity contribution >= 4 is 11.5 Å². The number of fused-ring (bicyclic) bond motifs is 2. The van der Waals surface area contributed by atoms with Crippen molar-refractivity contribution in [3.63, 3.8) is 0 Å². The van der Waals surface area contributed by atoms with Crippen molar-refractivity contribution in [2.24, 2.45) is 0 Å². The maximum Gasteiger partial charge on any atom is 0.336 e. The number of carbonyl (C=O) groups is 1. The number of hydrogen-bond acceptors (Lipinski definition) is 5. The first-order chi connectivity index (χ1) is 16.8. The topological polar surface area (TPSA) is 74.2 Å². The van der Waals surface area contributed by atoms with E-state index in [1.807, 2.05) is 68.4 Å². The van der Waals surface area contributed by atoms with E-state index < -0.39 is 12.1 Å². The Hall–Kier alpha value is -3.93. The molecule has 0 spiro atoms. The lowest BCUT2D eigenvalue weighted by Crippen LogP contribution is -2.23. The first kappa shape index (κ1) is 22.8. The summed E-state index contributed by atoms with van der Waals surface area (Å²) in [6.07, 6.45) is -0.805. The largest absolute Gasteiger partial charge is 0.491 e. The van der Waals surface area contributed by atoms with Crippen molar-refractivity contribution in [2.75, 3.05) is 6.79 Å². The van der Waals surface area contributed by atoms with Gasteiger partial charge in [0.25, 0.3) is 0 Å². The predicted octanol–water partition coefficient (Wildman–Crippen LogP) is 6.35. The van der Waals surface area contributed by atoms with Gasteiger partial charge in [-0.15, -0.1) is 0 Å². The van der Waals surface area contributed by atoms with Gasteiger partial charge in [0.05, 0.1) is 11.7 Å². The minimum atomic E-state index is -1.04. The number of aliphatic carboxylic acids is 1. The van der Waals surface area contributed by atoms with Crippen molar-refractivity contribution in [1.29, 1.82) is 0 Å². The van der Waals surface area contributed by atoms with Gasteiger partial charge in [-0.1, -0.05) is 44.2 Å². The highest BCUT2D eigenvalue weighted by Gasteiger charge is 2.36. The van der Waals surface area contributed by atoms with Crippen LogP contribution in [-0.4, -0.2) is 24.0 Å². The quantitative estimate of drug-likeness (QED) is 0.451. The molecule has 0 fully saturated rings. The molecule has 2 heterocycles. The normalized spacial score (nSPS) is 16.3. The van der Waals surface area contributed by atoms with Crippen LogP contribution in [0.25, 0.3) is 5.57 Å². The van der Waals surface area contributed by atoms with Gasteiger partial charge in [0.2, 0.25) is 6.79 Å². The van der Waals surface area contributed by atoms with Crippen LogP contribution in [0.2, 0.25) is 0 Å². The molecule has 180 valence electrons. The molecule has 0 aliphatic carbocycles. The summed E-state index contributed by atoms with van der Waals surface area (Å²) < 4.78 is 23.3.